The van der Waals surface area contributed by atoms with Gasteiger partial charge in [0.15, 0.2) is 0 Å². The minimum absolute atomic E-state index is 0.0333. The fourth-order valence-corrected chi connectivity index (χ4v) is 2.23. The van der Waals surface area contributed by atoms with Crippen molar-refractivity contribution in [2.45, 2.75) is 24.9 Å². The number of halogens is 5. The highest BCUT2D eigenvalue weighted by atomic mass is 19.4. The second-order valence-electron chi connectivity index (χ2n) is 4.88. The molecule has 1 fully saturated rings. The Kier molecular flexibility index (Phi) is 3.81. The van der Waals surface area contributed by atoms with Crippen molar-refractivity contribution in [1.82, 2.24) is 0 Å². The van der Waals surface area contributed by atoms with Crippen LogP contribution in [0.5, 0.6) is 0 Å². The third kappa shape index (κ3) is 3.43. The lowest BCUT2D eigenvalue weighted by Gasteiger charge is -2.34. The van der Waals surface area contributed by atoms with E-state index in [0.717, 1.165) is 12.1 Å². The Balaban J connectivity index is 2.34. The van der Waals surface area contributed by atoms with Gasteiger partial charge >= 0.3 is 12.1 Å². The van der Waals surface area contributed by atoms with E-state index in [4.69, 9.17) is 5.11 Å². The zero-order valence-corrected chi connectivity index (χ0v) is 10.8. The zero-order chi connectivity index (χ0) is 15.8. The summed E-state index contributed by atoms with van der Waals surface area (Å²) in [5, 5.41) is 9.05. The van der Waals surface area contributed by atoms with Gasteiger partial charge in [0.2, 0.25) is 0 Å². The number of anilines is 1. The van der Waals surface area contributed by atoms with Crippen molar-refractivity contribution in [3.63, 3.8) is 0 Å². The lowest BCUT2D eigenvalue weighted by atomic mass is 10.0. The number of carbonyl (C=O) groups is 1. The van der Waals surface area contributed by atoms with Gasteiger partial charge in [0.1, 0.15) is 0 Å². The third-order valence-electron chi connectivity index (χ3n) is 3.39. The SMILES string of the molecule is O=C(O)c1cc(C(F)(F)F)ccc1N1CCC(F)(F)CC1. The molecule has 1 aromatic rings. The number of piperidine rings is 1. The van der Waals surface area contributed by atoms with Crippen LogP contribution in [0.4, 0.5) is 27.6 Å². The second kappa shape index (κ2) is 5.16. The first kappa shape index (κ1) is 15.5. The Morgan fingerprint density at radius 3 is 2.24 bits per heavy atom. The molecule has 8 heteroatoms. The van der Waals surface area contributed by atoms with Crippen LogP contribution in [0.3, 0.4) is 0 Å². The molecule has 0 atom stereocenters. The molecule has 21 heavy (non-hydrogen) atoms. The van der Waals surface area contributed by atoms with E-state index in [1.165, 1.54) is 4.90 Å². The Labute approximate surface area is 117 Å². The number of carboxylic acid groups (broad SMARTS) is 1. The molecule has 116 valence electrons. The lowest BCUT2D eigenvalue weighted by molar-refractivity contribution is -0.137. The summed E-state index contributed by atoms with van der Waals surface area (Å²) in [5.41, 5.74) is -1.58. The molecular formula is C13H12F5NO2. The maximum atomic E-state index is 13.1. The van der Waals surface area contributed by atoms with Crippen LogP contribution in [0.25, 0.3) is 0 Å². The van der Waals surface area contributed by atoms with Crippen LogP contribution >= 0.6 is 0 Å². The predicted molar refractivity (Wildman–Crippen MR) is 64.8 cm³/mol. The number of nitrogens with zero attached hydrogens (tertiary/aromatic N) is 1. The molecule has 1 saturated heterocycles. The number of hydrogen-bond donors (Lipinski definition) is 1. The van der Waals surface area contributed by atoms with Crippen molar-refractivity contribution < 1.29 is 31.9 Å². The van der Waals surface area contributed by atoms with Crippen LogP contribution in [0.2, 0.25) is 0 Å². The molecule has 0 spiro atoms. The molecule has 0 amide bonds. The topological polar surface area (TPSA) is 40.5 Å². The molecule has 0 aromatic heterocycles. The smallest absolute Gasteiger partial charge is 0.416 e. The Bertz CT molecular complexity index is 546. The van der Waals surface area contributed by atoms with Gasteiger partial charge in [0.25, 0.3) is 5.92 Å². The first-order chi connectivity index (χ1) is 9.60. The van der Waals surface area contributed by atoms with Crippen LogP contribution in [0, 0.1) is 0 Å². The Morgan fingerprint density at radius 1 is 1.19 bits per heavy atom. The summed E-state index contributed by atoms with van der Waals surface area (Å²) in [6.07, 6.45) is -5.56. The molecule has 1 aromatic carbocycles. The van der Waals surface area contributed by atoms with Gasteiger partial charge in [-0.15, -0.1) is 0 Å². The van der Waals surface area contributed by atoms with Crippen LogP contribution in [-0.4, -0.2) is 30.1 Å². The fraction of sp³-hybridized carbons (Fsp3) is 0.462. The van der Waals surface area contributed by atoms with E-state index < -0.39 is 42.0 Å². The van der Waals surface area contributed by atoms with Crippen molar-refractivity contribution in [2.75, 3.05) is 18.0 Å². The van der Waals surface area contributed by atoms with Gasteiger partial charge in [-0.2, -0.15) is 13.2 Å². The van der Waals surface area contributed by atoms with Gasteiger partial charge in [-0.25, -0.2) is 13.6 Å². The molecule has 1 heterocycles. The lowest BCUT2D eigenvalue weighted by Crippen LogP contribution is -2.40. The predicted octanol–water partition coefficient (Wildman–Crippen LogP) is 3.64. The van der Waals surface area contributed by atoms with E-state index in [9.17, 15) is 26.7 Å². The molecule has 2 rings (SSSR count). The largest absolute Gasteiger partial charge is 0.478 e. The van der Waals surface area contributed by atoms with Crippen LogP contribution in [-0.2, 0) is 6.18 Å². The molecule has 1 aliphatic heterocycles. The molecule has 0 aliphatic carbocycles. The molecule has 0 bridgehead atoms. The number of alkyl halides is 5. The second-order valence-corrected chi connectivity index (χ2v) is 4.88. The zero-order valence-electron chi connectivity index (χ0n) is 10.8. The number of aromatic carboxylic acids is 1. The van der Waals surface area contributed by atoms with Gasteiger partial charge in [-0.05, 0) is 18.2 Å². The van der Waals surface area contributed by atoms with Crippen molar-refractivity contribution in [3.8, 4) is 0 Å². The number of carboxylic acids is 1. The maximum Gasteiger partial charge on any atom is 0.416 e. The number of rotatable bonds is 2. The quantitative estimate of drug-likeness (QED) is 0.848. The highest BCUT2D eigenvalue weighted by Gasteiger charge is 2.36. The summed E-state index contributed by atoms with van der Waals surface area (Å²) in [4.78, 5) is 12.5. The number of benzene rings is 1. The van der Waals surface area contributed by atoms with Gasteiger partial charge in [0.05, 0.1) is 16.8 Å². The van der Waals surface area contributed by atoms with E-state index in [2.05, 4.69) is 0 Å². The standard InChI is InChI=1S/C13H12F5NO2/c14-12(15)3-5-19(6-4-12)10-2-1-8(13(16,17)18)7-9(10)11(20)21/h1-2,7H,3-6H2,(H,20,21). The molecule has 0 unspecified atom stereocenters. The highest BCUT2D eigenvalue weighted by molar-refractivity contribution is 5.94. The molecule has 1 aliphatic rings. The number of hydrogen-bond acceptors (Lipinski definition) is 2. The van der Waals surface area contributed by atoms with Crippen LogP contribution in [0.1, 0.15) is 28.8 Å². The monoisotopic (exact) mass is 309 g/mol. The molecular weight excluding hydrogens is 297 g/mol. The van der Waals surface area contributed by atoms with Gasteiger partial charge < -0.3 is 10.0 Å². The third-order valence-corrected chi connectivity index (χ3v) is 3.39. The Morgan fingerprint density at radius 2 is 1.76 bits per heavy atom. The summed E-state index contributed by atoms with van der Waals surface area (Å²) in [7, 11) is 0. The van der Waals surface area contributed by atoms with Crippen LogP contribution < -0.4 is 4.90 Å². The molecule has 0 saturated carbocycles. The van der Waals surface area contributed by atoms with E-state index in [0.29, 0.717) is 6.07 Å². The summed E-state index contributed by atoms with van der Waals surface area (Å²) >= 11 is 0. The van der Waals surface area contributed by atoms with Crippen LogP contribution in [0.15, 0.2) is 18.2 Å². The van der Waals surface area contributed by atoms with E-state index in [1.807, 2.05) is 0 Å². The Hall–Kier alpha value is -1.86. The molecule has 0 radical (unpaired) electrons. The van der Waals surface area contributed by atoms with E-state index in [-0.39, 0.29) is 18.8 Å². The van der Waals surface area contributed by atoms with Crippen molar-refractivity contribution >= 4 is 11.7 Å². The van der Waals surface area contributed by atoms with Crippen molar-refractivity contribution in [1.29, 1.82) is 0 Å². The summed E-state index contributed by atoms with van der Waals surface area (Å²) in [6.45, 7) is -0.197. The molecule has 1 N–H and O–H groups in total. The minimum Gasteiger partial charge on any atom is -0.478 e. The van der Waals surface area contributed by atoms with Gasteiger partial charge in [0, 0.05) is 25.9 Å². The summed E-state index contributed by atoms with van der Waals surface area (Å²) < 4.78 is 64.0. The average Bonchev–Trinajstić information content (AvgIpc) is 2.37. The van der Waals surface area contributed by atoms with Gasteiger partial charge in [-0.1, -0.05) is 0 Å². The maximum absolute atomic E-state index is 13.1. The summed E-state index contributed by atoms with van der Waals surface area (Å²) in [6, 6.07) is 2.31. The van der Waals surface area contributed by atoms with Gasteiger partial charge in [-0.3, -0.25) is 0 Å². The van der Waals surface area contributed by atoms with Crippen molar-refractivity contribution in [2.24, 2.45) is 0 Å². The molecule has 3 nitrogen and oxygen atoms in total. The minimum atomic E-state index is -4.66. The fourth-order valence-electron chi connectivity index (χ4n) is 2.23. The summed E-state index contributed by atoms with van der Waals surface area (Å²) in [5.74, 6) is -4.33. The first-order valence-corrected chi connectivity index (χ1v) is 6.17. The first-order valence-electron chi connectivity index (χ1n) is 6.17. The highest BCUT2D eigenvalue weighted by Crippen LogP contribution is 2.35. The van der Waals surface area contributed by atoms with E-state index >= 15 is 0 Å². The average molecular weight is 309 g/mol. The van der Waals surface area contributed by atoms with E-state index in [1.54, 1.807) is 0 Å². The van der Waals surface area contributed by atoms with Crippen molar-refractivity contribution in [3.05, 3.63) is 29.3 Å². The normalized spacial score (nSPS) is 18.6.